The van der Waals surface area contributed by atoms with Gasteiger partial charge in [0.1, 0.15) is 0 Å². The minimum atomic E-state index is 0.434. The van der Waals surface area contributed by atoms with Crippen LogP contribution in [0.4, 0.5) is 0 Å². The average molecular weight is 259 g/mol. The van der Waals surface area contributed by atoms with Gasteiger partial charge in [0, 0.05) is 20.3 Å². The van der Waals surface area contributed by atoms with Gasteiger partial charge in [-0.25, -0.2) is 0 Å². The van der Waals surface area contributed by atoms with Crippen molar-refractivity contribution in [2.45, 2.75) is 64.9 Å². The van der Waals surface area contributed by atoms with Gasteiger partial charge in [-0.2, -0.15) is 0 Å². The standard InChI is InChI=1S/C15H33NO2/c1-4-5-6-7-10-15(2)18-13-9-8-11-16-12-14-17-3/h15-16H,4-14H2,1-3H3. The molecule has 18 heavy (non-hydrogen) atoms. The first-order valence-electron chi connectivity index (χ1n) is 7.62. The average Bonchev–Trinajstić information content (AvgIpc) is 2.38. The Balaban J connectivity index is 3.08. The Bertz CT molecular complexity index is 153. The number of nitrogens with one attached hydrogen (secondary N) is 1. The molecule has 0 amide bonds. The SMILES string of the molecule is CCCCCCC(C)OCCCCNCCOC. The molecule has 0 rings (SSSR count). The Morgan fingerprint density at radius 3 is 2.50 bits per heavy atom. The molecule has 3 heteroatoms. The summed E-state index contributed by atoms with van der Waals surface area (Å²) in [5.41, 5.74) is 0. The largest absolute Gasteiger partial charge is 0.383 e. The molecule has 0 aliphatic heterocycles. The van der Waals surface area contributed by atoms with E-state index in [1.165, 1.54) is 38.5 Å². The van der Waals surface area contributed by atoms with E-state index in [1.54, 1.807) is 7.11 Å². The third kappa shape index (κ3) is 13.9. The number of hydrogen-bond donors (Lipinski definition) is 1. The van der Waals surface area contributed by atoms with E-state index in [1.807, 2.05) is 0 Å². The topological polar surface area (TPSA) is 30.5 Å². The molecular weight excluding hydrogens is 226 g/mol. The molecule has 0 spiro atoms. The highest BCUT2D eigenvalue weighted by molar-refractivity contribution is 4.53. The molecule has 1 atom stereocenters. The van der Waals surface area contributed by atoms with E-state index in [4.69, 9.17) is 9.47 Å². The summed E-state index contributed by atoms with van der Waals surface area (Å²) in [4.78, 5) is 0. The second-order valence-corrected chi connectivity index (χ2v) is 4.98. The minimum absolute atomic E-state index is 0.434. The van der Waals surface area contributed by atoms with Crippen LogP contribution in [0.5, 0.6) is 0 Å². The second-order valence-electron chi connectivity index (χ2n) is 4.98. The van der Waals surface area contributed by atoms with Crippen molar-refractivity contribution in [3.63, 3.8) is 0 Å². The van der Waals surface area contributed by atoms with Crippen LogP contribution in [0.3, 0.4) is 0 Å². The second kappa shape index (κ2) is 14.9. The summed E-state index contributed by atoms with van der Waals surface area (Å²) in [6.45, 7) is 8.17. The van der Waals surface area contributed by atoms with E-state index in [-0.39, 0.29) is 0 Å². The molecule has 0 saturated carbocycles. The maximum atomic E-state index is 5.80. The molecule has 0 heterocycles. The first-order valence-corrected chi connectivity index (χ1v) is 7.62. The smallest absolute Gasteiger partial charge is 0.0587 e. The van der Waals surface area contributed by atoms with Crippen molar-refractivity contribution in [2.75, 3.05) is 33.4 Å². The van der Waals surface area contributed by atoms with Crippen molar-refractivity contribution < 1.29 is 9.47 Å². The lowest BCUT2D eigenvalue weighted by atomic mass is 10.1. The van der Waals surface area contributed by atoms with Crippen LogP contribution in [0.1, 0.15) is 58.8 Å². The zero-order chi connectivity index (χ0) is 13.5. The van der Waals surface area contributed by atoms with E-state index in [0.29, 0.717) is 6.10 Å². The van der Waals surface area contributed by atoms with Crippen LogP contribution in [0.2, 0.25) is 0 Å². The lowest BCUT2D eigenvalue weighted by Gasteiger charge is -2.12. The minimum Gasteiger partial charge on any atom is -0.383 e. The molecule has 0 aromatic carbocycles. The van der Waals surface area contributed by atoms with Crippen LogP contribution in [-0.2, 0) is 9.47 Å². The van der Waals surface area contributed by atoms with Gasteiger partial charge in [0.25, 0.3) is 0 Å². The van der Waals surface area contributed by atoms with E-state index < -0.39 is 0 Å². The first-order chi connectivity index (χ1) is 8.81. The molecule has 0 aliphatic rings. The Morgan fingerprint density at radius 2 is 1.78 bits per heavy atom. The van der Waals surface area contributed by atoms with Gasteiger partial charge in [0.15, 0.2) is 0 Å². The Kier molecular flexibility index (Phi) is 14.8. The van der Waals surface area contributed by atoms with Crippen molar-refractivity contribution in [1.82, 2.24) is 5.32 Å². The highest BCUT2D eigenvalue weighted by Crippen LogP contribution is 2.08. The van der Waals surface area contributed by atoms with Crippen LogP contribution in [0, 0.1) is 0 Å². The fourth-order valence-electron chi connectivity index (χ4n) is 1.88. The lowest BCUT2D eigenvalue weighted by molar-refractivity contribution is 0.0560. The molecule has 0 aromatic heterocycles. The Morgan fingerprint density at radius 1 is 0.944 bits per heavy atom. The molecule has 0 aromatic rings. The number of rotatable bonds is 14. The van der Waals surface area contributed by atoms with Crippen molar-refractivity contribution in [3.8, 4) is 0 Å². The molecule has 0 saturated heterocycles. The van der Waals surface area contributed by atoms with Gasteiger partial charge in [-0.1, -0.05) is 32.6 Å². The fourth-order valence-corrected chi connectivity index (χ4v) is 1.88. The Hall–Kier alpha value is -0.120. The normalized spacial score (nSPS) is 12.8. The van der Waals surface area contributed by atoms with Crippen LogP contribution in [-0.4, -0.2) is 39.5 Å². The summed E-state index contributed by atoms with van der Waals surface area (Å²) in [5.74, 6) is 0. The van der Waals surface area contributed by atoms with Gasteiger partial charge < -0.3 is 14.8 Å². The van der Waals surface area contributed by atoms with Crippen LogP contribution in [0.25, 0.3) is 0 Å². The lowest BCUT2D eigenvalue weighted by Crippen LogP contribution is -2.20. The first kappa shape index (κ1) is 17.9. The van der Waals surface area contributed by atoms with Crippen LogP contribution < -0.4 is 5.32 Å². The summed E-state index contributed by atoms with van der Waals surface area (Å²) in [5, 5.41) is 3.34. The maximum Gasteiger partial charge on any atom is 0.0587 e. The zero-order valence-corrected chi connectivity index (χ0v) is 12.7. The monoisotopic (exact) mass is 259 g/mol. The van der Waals surface area contributed by atoms with Crippen LogP contribution >= 0.6 is 0 Å². The van der Waals surface area contributed by atoms with Crippen molar-refractivity contribution >= 4 is 0 Å². The molecular formula is C15H33NO2. The number of unbranched alkanes of at least 4 members (excludes halogenated alkanes) is 4. The molecule has 3 nitrogen and oxygen atoms in total. The summed E-state index contributed by atoms with van der Waals surface area (Å²) in [6, 6.07) is 0. The van der Waals surface area contributed by atoms with E-state index in [2.05, 4.69) is 19.2 Å². The predicted octanol–water partition coefficient (Wildman–Crippen LogP) is 3.38. The van der Waals surface area contributed by atoms with Gasteiger partial charge in [0.2, 0.25) is 0 Å². The highest BCUT2D eigenvalue weighted by Gasteiger charge is 2.01. The fraction of sp³-hybridized carbons (Fsp3) is 1.00. The van der Waals surface area contributed by atoms with E-state index in [9.17, 15) is 0 Å². The van der Waals surface area contributed by atoms with Crippen molar-refractivity contribution in [3.05, 3.63) is 0 Å². The van der Waals surface area contributed by atoms with E-state index in [0.717, 1.165) is 32.7 Å². The quantitative estimate of drug-likeness (QED) is 0.485. The summed E-state index contributed by atoms with van der Waals surface area (Å²) in [6.07, 6.45) is 9.33. The number of methoxy groups -OCH3 is 1. The van der Waals surface area contributed by atoms with Gasteiger partial charge in [-0.3, -0.25) is 0 Å². The van der Waals surface area contributed by atoms with Gasteiger partial charge in [-0.05, 0) is 32.7 Å². The third-order valence-corrected chi connectivity index (χ3v) is 3.10. The molecule has 0 radical (unpaired) electrons. The molecule has 0 fully saturated rings. The third-order valence-electron chi connectivity index (χ3n) is 3.10. The van der Waals surface area contributed by atoms with Crippen molar-refractivity contribution in [2.24, 2.45) is 0 Å². The predicted molar refractivity (Wildman–Crippen MR) is 78.2 cm³/mol. The van der Waals surface area contributed by atoms with Crippen molar-refractivity contribution in [1.29, 1.82) is 0 Å². The molecule has 1 N–H and O–H groups in total. The highest BCUT2D eigenvalue weighted by atomic mass is 16.5. The maximum absolute atomic E-state index is 5.80. The molecule has 110 valence electrons. The summed E-state index contributed by atoms with van der Waals surface area (Å²) < 4.78 is 10.8. The number of ether oxygens (including phenoxy) is 2. The van der Waals surface area contributed by atoms with Gasteiger partial charge in [0.05, 0.1) is 12.7 Å². The Labute approximate surface area is 114 Å². The molecule has 0 bridgehead atoms. The summed E-state index contributed by atoms with van der Waals surface area (Å²) >= 11 is 0. The van der Waals surface area contributed by atoms with Gasteiger partial charge in [-0.15, -0.1) is 0 Å². The van der Waals surface area contributed by atoms with E-state index >= 15 is 0 Å². The van der Waals surface area contributed by atoms with Gasteiger partial charge >= 0.3 is 0 Å². The molecule has 0 aliphatic carbocycles. The number of hydrogen-bond acceptors (Lipinski definition) is 3. The van der Waals surface area contributed by atoms with Crippen LogP contribution in [0.15, 0.2) is 0 Å². The summed E-state index contributed by atoms with van der Waals surface area (Å²) in [7, 11) is 1.73. The zero-order valence-electron chi connectivity index (χ0n) is 12.7. The molecule has 1 unspecified atom stereocenters.